The molecule has 3 N–H and O–H groups in total. The predicted molar refractivity (Wildman–Crippen MR) is 76.9 cm³/mol. The molecule has 0 spiro atoms. The summed E-state index contributed by atoms with van der Waals surface area (Å²) in [5, 5.41) is 3.11. The Hall–Kier alpha value is -0.650. The molecule has 2 aliphatic rings. The molecule has 1 heterocycles. The third kappa shape index (κ3) is 3.27. The lowest BCUT2D eigenvalue weighted by Gasteiger charge is -2.43. The number of hydrogen-bond acceptors (Lipinski definition) is 4. The van der Waals surface area contributed by atoms with Crippen LogP contribution in [0.2, 0.25) is 0 Å². The Labute approximate surface area is 116 Å². The van der Waals surface area contributed by atoms with Gasteiger partial charge >= 0.3 is 0 Å². The van der Waals surface area contributed by atoms with Gasteiger partial charge in [0.2, 0.25) is 5.91 Å². The normalized spacial score (nSPS) is 24.2. The number of nitrogens with two attached hydrogens (primary N) is 1. The number of nitrogens with one attached hydrogen (secondary N) is 1. The molecular formula is C14H28N4O. The molecule has 2 fully saturated rings. The Morgan fingerprint density at radius 3 is 2.32 bits per heavy atom. The minimum atomic E-state index is -0.238. The van der Waals surface area contributed by atoms with E-state index in [1.54, 1.807) is 0 Å². The number of rotatable bonds is 5. The van der Waals surface area contributed by atoms with E-state index in [0.717, 1.165) is 39.0 Å². The number of piperazine rings is 1. The first-order chi connectivity index (χ1) is 8.89. The van der Waals surface area contributed by atoms with Crippen molar-refractivity contribution in [3.63, 3.8) is 0 Å². The van der Waals surface area contributed by atoms with Crippen LogP contribution in [-0.4, -0.2) is 67.6 Å². The van der Waals surface area contributed by atoms with Gasteiger partial charge < -0.3 is 16.0 Å². The highest BCUT2D eigenvalue weighted by atomic mass is 16.2. The highest BCUT2D eigenvalue weighted by Crippen LogP contribution is 2.44. The molecule has 2 rings (SSSR count). The van der Waals surface area contributed by atoms with Gasteiger partial charge in [0.25, 0.3) is 0 Å². The second kappa shape index (κ2) is 5.38. The molecule has 1 aliphatic heterocycles. The fourth-order valence-corrected chi connectivity index (χ4v) is 2.68. The first-order valence-corrected chi connectivity index (χ1v) is 7.32. The van der Waals surface area contributed by atoms with E-state index >= 15 is 0 Å². The highest BCUT2D eigenvalue weighted by molar-refractivity contribution is 5.85. The second-order valence-electron chi connectivity index (χ2n) is 6.77. The summed E-state index contributed by atoms with van der Waals surface area (Å²) in [6.07, 6.45) is 1.90. The van der Waals surface area contributed by atoms with Crippen molar-refractivity contribution >= 4 is 5.91 Å². The van der Waals surface area contributed by atoms with Crippen LogP contribution in [0.3, 0.4) is 0 Å². The molecule has 1 aliphatic carbocycles. The summed E-state index contributed by atoms with van der Waals surface area (Å²) in [6, 6.07) is 0. The van der Waals surface area contributed by atoms with Gasteiger partial charge in [0.05, 0.1) is 5.41 Å². The SMILES string of the molecule is CN1CCN(C(C)(C)CNC(=O)C2(CN)CC2)CC1. The van der Waals surface area contributed by atoms with Crippen molar-refractivity contribution in [1.82, 2.24) is 15.1 Å². The van der Waals surface area contributed by atoms with Crippen LogP contribution >= 0.6 is 0 Å². The Morgan fingerprint density at radius 1 is 1.26 bits per heavy atom. The average molecular weight is 268 g/mol. The van der Waals surface area contributed by atoms with Gasteiger partial charge in [0.15, 0.2) is 0 Å². The van der Waals surface area contributed by atoms with Gasteiger partial charge in [-0.3, -0.25) is 9.69 Å². The molecule has 0 aromatic carbocycles. The summed E-state index contributed by atoms with van der Waals surface area (Å²) < 4.78 is 0. The van der Waals surface area contributed by atoms with Crippen molar-refractivity contribution in [3.05, 3.63) is 0 Å². The van der Waals surface area contributed by atoms with Crippen LogP contribution < -0.4 is 11.1 Å². The summed E-state index contributed by atoms with van der Waals surface area (Å²) in [6.45, 7) is 9.95. The van der Waals surface area contributed by atoms with Crippen molar-refractivity contribution < 1.29 is 4.79 Å². The zero-order chi connectivity index (χ0) is 14.1. The van der Waals surface area contributed by atoms with Crippen LogP contribution in [0.5, 0.6) is 0 Å². The molecule has 0 atom stereocenters. The summed E-state index contributed by atoms with van der Waals surface area (Å²) in [5.74, 6) is 0.150. The molecule has 0 radical (unpaired) electrons. The van der Waals surface area contributed by atoms with Crippen molar-refractivity contribution in [2.75, 3.05) is 46.3 Å². The summed E-state index contributed by atoms with van der Waals surface area (Å²) >= 11 is 0. The van der Waals surface area contributed by atoms with Crippen molar-refractivity contribution in [1.29, 1.82) is 0 Å². The predicted octanol–water partition coefficient (Wildman–Crippen LogP) is -0.132. The van der Waals surface area contributed by atoms with Crippen molar-refractivity contribution in [2.45, 2.75) is 32.2 Å². The van der Waals surface area contributed by atoms with E-state index in [9.17, 15) is 4.79 Å². The third-order valence-electron chi connectivity index (χ3n) is 4.77. The minimum Gasteiger partial charge on any atom is -0.354 e. The average Bonchev–Trinajstić information content (AvgIpc) is 3.17. The van der Waals surface area contributed by atoms with Gasteiger partial charge in [0, 0.05) is 44.8 Å². The minimum absolute atomic E-state index is 0.0155. The van der Waals surface area contributed by atoms with Crippen LogP contribution in [0.4, 0.5) is 0 Å². The van der Waals surface area contributed by atoms with Crippen LogP contribution in [0.15, 0.2) is 0 Å². The first-order valence-electron chi connectivity index (χ1n) is 7.32. The standard InChI is InChI=1S/C14H28N4O/c1-13(2,18-8-6-17(3)7-9-18)11-16-12(19)14(10-15)4-5-14/h4-11,15H2,1-3H3,(H,16,19). The largest absolute Gasteiger partial charge is 0.354 e. The van der Waals surface area contributed by atoms with E-state index < -0.39 is 0 Å². The van der Waals surface area contributed by atoms with Gasteiger partial charge in [-0.15, -0.1) is 0 Å². The smallest absolute Gasteiger partial charge is 0.227 e. The van der Waals surface area contributed by atoms with Crippen LogP contribution in [0.1, 0.15) is 26.7 Å². The number of carbonyl (C=O) groups is 1. The van der Waals surface area contributed by atoms with Gasteiger partial charge in [0.1, 0.15) is 0 Å². The fraction of sp³-hybridized carbons (Fsp3) is 0.929. The topological polar surface area (TPSA) is 61.6 Å². The molecule has 5 heteroatoms. The van der Waals surface area contributed by atoms with E-state index in [-0.39, 0.29) is 16.9 Å². The maximum Gasteiger partial charge on any atom is 0.227 e. The van der Waals surface area contributed by atoms with Gasteiger partial charge in [-0.1, -0.05) is 0 Å². The number of nitrogens with zero attached hydrogens (tertiary/aromatic N) is 2. The lowest BCUT2D eigenvalue weighted by atomic mass is 10.00. The van der Waals surface area contributed by atoms with Gasteiger partial charge in [-0.25, -0.2) is 0 Å². The quantitative estimate of drug-likeness (QED) is 0.729. The third-order valence-corrected chi connectivity index (χ3v) is 4.77. The van der Waals surface area contributed by atoms with Crippen molar-refractivity contribution in [2.24, 2.45) is 11.1 Å². The molecule has 19 heavy (non-hydrogen) atoms. The Kier molecular flexibility index (Phi) is 4.18. The molecule has 110 valence electrons. The lowest BCUT2D eigenvalue weighted by molar-refractivity contribution is -0.126. The molecule has 0 aromatic heterocycles. The molecule has 0 unspecified atom stereocenters. The van der Waals surface area contributed by atoms with E-state index in [1.807, 2.05) is 0 Å². The number of carbonyl (C=O) groups excluding carboxylic acids is 1. The Morgan fingerprint density at radius 2 is 1.84 bits per heavy atom. The van der Waals surface area contributed by atoms with E-state index in [0.29, 0.717) is 13.1 Å². The van der Waals surface area contributed by atoms with Crippen LogP contribution in [-0.2, 0) is 4.79 Å². The summed E-state index contributed by atoms with van der Waals surface area (Å²) in [7, 11) is 2.16. The number of likely N-dealkylation sites (N-methyl/N-ethyl adjacent to an activating group) is 1. The zero-order valence-electron chi connectivity index (χ0n) is 12.5. The van der Waals surface area contributed by atoms with Gasteiger partial charge in [-0.05, 0) is 33.7 Å². The lowest BCUT2D eigenvalue weighted by Crippen LogP contribution is -2.58. The van der Waals surface area contributed by atoms with Crippen LogP contribution in [0, 0.1) is 5.41 Å². The fourth-order valence-electron chi connectivity index (χ4n) is 2.68. The number of hydrogen-bond donors (Lipinski definition) is 2. The molecule has 1 amide bonds. The van der Waals surface area contributed by atoms with Gasteiger partial charge in [-0.2, -0.15) is 0 Å². The molecule has 1 saturated carbocycles. The summed E-state index contributed by atoms with van der Waals surface area (Å²) in [5.41, 5.74) is 5.47. The molecule has 1 saturated heterocycles. The van der Waals surface area contributed by atoms with E-state index in [4.69, 9.17) is 5.73 Å². The van der Waals surface area contributed by atoms with Crippen molar-refractivity contribution in [3.8, 4) is 0 Å². The molecule has 0 bridgehead atoms. The van der Waals surface area contributed by atoms with E-state index in [1.165, 1.54) is 0 Å². The molecule has 0 aromatic rings. The maximum absolute atomic E-state index is 12.1. The number of amides is 1. The summed E-state index contributed by atoms with van der Waals surface area (Å²) in [4.78, 5) is 16.9. The van der Waals surface area contributed by atoms with Crippen LogP contribution in [0.25, 0.3) is 0 Å². The Bertz CT molecular complexity index is 330. The van der Waals surface area contributed by atoms with E-state index in [2.05, 4.69) is 36.0 Å². The second-order valence-corrected chi connectivity index (χ2v) is 6.77. The monoisotopic (exact) mass is 268 g/mol. The molecule has 5 nitrogen and oxygen atoms in total. The maximum atomic E-state index is 12.1. The molecular weight excluding hydrogens is 240 g/mol. The zero-order valence-corrected chi connectivity index (χ0v) is 12.5. The highest BCUT2D eigenvalue weighted by Gasteiger charge is 2.48. The Balaban J connectivity index is 1.82. The first kappa shape index (κ1) is 14.8.